The number of anilines is 1. The molecule has 3 aromatic rings. The molecule has 0 bridgehead atoms. The zero-order valence-corrected chi connectivity index (χ0v) is 17.0. The van der Waals surface area contributed by atoms with Gasteiger partial charge in [0.25, 0.3) is 5.69 Å². The van der Waals surface area contributed by atoms with Crippen LogP contribution in [0.4, 0.5) is 11.4 Å². The van der Waals surface area contributed by atoms with Crippen LogP contribution < -0.4 is 5.32 Å². The van der Waals surface area contributed by atoms with E-state index in [1.807, 2.05) is 36.4 Å². The van der Waals surface area contributed by atoms with Crippen molar-refractivity contribution in [2.45, 2.75) is 6.54 Å². The van der Waals surface area contributed by atoms with Crippen molar-refractivity contribution >= 4 is 23.3 Å². The van der Waals surface area contributed by atoms with Gasteiger partial charge in [-0.1, -0.05) is 48.5 Å². The first-order valence-corrected chi connectivity index (χ1v) is 9.32. The number of esters is 2. The van der Waals surface area contributed by atoms with Crippen LogP contribution in [0.2, 0.25) is 0 Å². The molecule has 0 unspecified atom stereocenters. The van der Waals surface area contributed by atoms with Gasteiger partial charge in [0.1, 0.15) is 5.69 Å². The highest BCUT2D eigenvalue weighted by molar-refractivity contribution is 5.98. The van der Waals surface area contributed by atoms with Gasteiger partial charge in [0.15, 0.2) is 0 Å². The van der Waals surface area contributed by atoms with E-state index in [9.17, 15) is 19.7 Å². The number of nitro groups is 1. The lowest BCUT2D eigenvalue weighted by Crippen LogP contribution is -2.10. The number of ether oxygens (including phenoxy) is 2. The third-order valence-electron chi connectivity index (χ3n) is 4.71. The van der Waals surface area contributed by atoms with Crippen molar-refractivity contribution in [3.63, 3.8) is 0 Å². The highest BCUT2D eigenvalue weighted by Crippen LogP contribution is 2.30. The summed E-state index contributed by atoms with van der Waals surface area (Å²) in [6.07, 6.45) is 0. The second-order valence-electron chi connectivity index (χ2n) is 6.54. The van der Waals surface area contributed by atoms with Crippen LogP contribution in [-0.4, -0.2) is 31.1 Å². The number of benzene rings is 3. The Morgan fingerprint density at radius 2 is 1.48 bits per heavy atom. The minimum atomic E-state index is -0.666. The van der Waals surface area contributed by atoms with E-state index in [1.54, 1.807) is 12.1 Å². The van der Waals surface area contributed by atoms with Crippen molar-refractivity contribution in [2.24, 2.45) is 0 Å². The van der Waals surface area contributed by atoms with E-state index in [-0.39, 0.29) is 23.5 Å². The highest BCUT2D eigenvalue weighted by atomic mass is 16.6. The Balaban J connectivity index is 1.85. The monoisotopic (exact) mass is 420 g/mol. The topological polar surface area (TPSA) is 108 Å². The van der Waals surface area contributed by atoms with Gasteiger partial charge in [0, 0.05) is 12.6 Å². The van der Waals surface area contributed by atoms with Gasteiger partial charge in [0.05, 0.1) is 30.3 Å². The first-order chi connectivity index (χ1) is 15.0. The fourth-order valence-electron chi connectivity index (χ4n) is 3.17. The number of methoxy groups -OCH3 is 2. The van der Waals surface area contributed by atoms with Gasteiger partial charge >= 0.3 is 11.9 Å². The molecule has 8 heteroatoms. The Labute approximate surface area is 178 Å². The van der Waals surface area contributed by atoms with E-state index < -0.39 is 16.9 Å². The summed E-state index contributed by atoms with van der Waals surface area (Å²) in [7, 11) is 2.55. The molecule has 0 spiro atoms. The van der Waals surface area contributed by atoms with E-state index in [0.717, 1.165) is 16.7 Å². The third kappa shape index (κ3) is 4.69. The van der Waals surface area contributed by atoms with Crippen molar-refractivity contribution in [3.05, 3.63) is 93.5 Å². The van der Waals surface area contributed by atoms with Gasteiger partial charge in [-0.2, -0.15) is 0 Å². The Bertz CT molecular complexity index is 1130. The van der Waals surface area contributed by atoms with Crippen LogP contribution in [0.1, 0.15) is 26.3 Å². The molecule has 0 aromatic heterocycles. The van der Waals surface area contributed by atoms with E-state index in [0.29, 0.717) is 5.56 Å². The third-order valence-corrected chi connectivity index (χ3v) is 4.71. The molecule has 0 saturated heterocycles. The summed E-state index contributed by atoms with van der Waals surface area (Å²) >= 11 is 0. The number of rotatable bonds is 7. The van der Waals surface area contributed by atoms with E-state index in [1.165, 1.54) is 32.4 Å². The van der Waals surface area contributed by atoms with E-state index >= 15 is 0 Å². The van der Waals surface area contributed by atoms with Gasteiger partial charge in [-0.3, -0.25) is 10.1 Å². The van der Waals surface area contributed by atoms with Crippen molar-refractivity contribution < 1.29 is 24.0 Å². The summed E-state index contributed by atoms with van der Waals surface area (Å²) in [6, 6.07) is 18.7. The molecule has 8 nitrogen and oxygen atoms in total. The summed E-state index contributed by atoms with van der Waals surface area (Å²) in [5, 5.41) is 14.4. The van der Waals surface area contributed by atoms with Crippen LogP contribution in [0.3, 0.4) is 0 Å². The number of nitro benzene ring substituents is 1. The lowest BCUT2D eigenvalue weighted by molar-refractivity contribution is -0.384. The Morgan fingerprint density at radius 1 is 0.871 bits per heavy atom. The maximum Gasteiger partial charge on any atom is 0.340 e. The molecule has 3 aromatic carbocycles. The van der Waals surface area contributed by atoms with Crippen LogP contribution in [-0.2, 0) is 16.0 Å². The molecule has 0 saturated carbocycles. The number of hydrogen-bond donors (Lipinski definition) is 1. The summed E-state index contributed by atoms with van der Waals surface area (Å²) in [4.78, 5) is 34.8. The Kier molecular flexibility index (Phi) is 6.61. The molecule has 0 aliphatic carbocycles. The standard InChI is InChI=1S/C23H20N2O6/c1-30-22(26)18-7-4-3-6-17(18)16-12-10-15(11-13-16)14-24-21-19(23(27)31-2)8-5-9-20(21)25(28)29/h3-13,24H,14H2,1-2H3. The molecule has 3 rings (SSSR count). The number of carbonyl (C=O) groups is 2. The van der Waals surface area contributed by atoms with Gasteiger partial charge < -0.3 is 14.8 Å². The second-order valence-corrected chi connectivity index (χ2v) is 6.54. The van der Waals surface area contributed by atoms with Gasteiger partial charge in [-0.25, -0.2) is 9.59 Å². The lowest BCUT2D eigenvalue weighted by atomic mass is 9.98. The minimum Gasteiger partial charge on any atom is -0.465 e. The largest absolute Gasteiger partial charge is 0.465 e. The molecule has 0 amide bonds. The minimum absolute atomic E-state index is 0.0836. The zero-order valence-electron chi connectivity index (χ0n) is 17.0. The number of para-hydroxylation sites is 1. The highest BCUT2D eigenvalue weighted by Gasteiger charge is 2.22. The Hall–Kier alpha value is -4.20. The lowest BCUT2D eigenvalue weighted by Gasteiger charge is -2.12. The SMILES string of the molecule is COC(=O)c1ccccc1-c1ccc(CNc2c(C(=O)OC)cccc2[N+](=O)[O-])cc1. The van der Waals surface area contributed by atoms with Gasteiger partial charge in [-0.05, 0) is 28.8 Å². The second kappa shape index (κ2) is 9.53. The predicted molar refractivity (Wildman–Crippen MR) is 115 cm³/mol. The quantitative estimate of drug-likeness (QED) is 0.342. The summed E-state index contributed by atoms with van der Waals surface area (Å²) in [6.45, 7) is 0.244. The summed E-state index contributed by atoms with van der Waals surface area (Å²) in [5.74, 6) is -1.09. The normalized spacial score (nSPS) is 10.3. The number of hydrogen-bond acceptors (Lipinski definition) is 7. The maximum atomic E-state index is 12.0. The number of nitrogens with zero attached hydrogens (tertiary/aromatic N) is 1. The van der Waals surface area contributed by atoms with Crippen LogP contribution in [0.25, 0.3) is 11.1 Å². The number of carbonyl (C=O) groups excluding carboxylic acids is 2. The van der Waals surface area contributed by atoms with E-state index in [4.69, 9.17) is 9.47 Å². The molecule has 0 aliphatic rings. The van der Waals surface area contributed by atoms with E-state index in [2.05, 4.69) is 5.32 Å². The van der Waals surface area contributed by atoms with Crippen LogP contribution in [0.15, 0.2) is 66.7 Å². The first kappa shape index (κ1) is 21.5. The molecular weight excluding hydrogens is 400 g/mol. The Morgan fingerprint density at radius 3 is 2.13 bits per heavy atom. The van der Waals surface area contributed by atoms with Gasteiger partial charge in [0.2, 0.25) is 0 Å². The van der Waals surface area contributed by atoms with Crippen molar-refractivity contribution in [1.29, 1.82) is 0 Å². The number of nitrogens with one attached hydrogen (secondary N) is 1. The van der Waals surface area contributed by atoms with Crippen LogP contribution in [0.5, 0.6) is 0 Å². The predicted octanol–water partition coefficient (Wildman–Crippen LogP) is 4.45. The van der Waals surface area contributed by atoms with Crippen molar-refractivity contribution in [3.8, 4) is 11.1 Å². The fourth-order valence-corrected chi connectivity index (χ4v) is 3.17. The van der Waals surface area contributed by atoms with Crippen LogP contribution >= 0.6 is 0 Å². The van der Waals surface area contributed by atoms with Crippen molar-refractivity contribution in [2.75, 3.05) is 19.5 Å². The summed E-state index contributed by atoms with van der Waals surface area (Å²) < 4.78 is 9.57. The van der Waals surface area contributed by atoms with Crippen molar-refractivity contribution in [1.82, 2.24) is 0 Å². The molecule has 158 valence electrons. The zero-order chi connectivity index (χ0) is 22.4. The molecule has 0 radical (unpaired) electrons. The summed E-state index contributed by atoms with van der Waals surface area (Å²) in [5.41, 5.74) is 2.81. The molecular formula is C23H20N2O6. The fraction of sp³-hybridized carbons (Fsp3) is 0.130. The molecule has 0 heterocycles. The molecule has 0 aliphatic heterocycles. The molecule has 1 N–H and O–H groups in total. The molecule has 0 fully saturated rings. The smallest absolute Gasteiger partial charge is 0.340 e. The van der Waals surface area contributed by atoms with Gasteiger partial charge in [-0.15, -0.1) is 0 Å². The maximum absolute atomic E-state index is 12.0. The molecule has 31 heavy (non-hydrogen) atoms. The first-order valence-electron chi connectivity index (χ1n) is 9.32. The average molecular weight is 420 g/mol. The average Bonchev–Trinajstić information content (AvgIpc) is 2.81. The molecule has 0 atom stereocenters. The van der Waals surface area contributed by atoms with Crippen LogP contribution in [0, 0.1) is 10.1 Å².